The Morgan fingerprint density at radius 2 is 1.67 bits per heavy atom. The largest absolute Gasteiger partial charge is 0.494 e. The summed E-state index contributed by atoms with van der Waals surface area (Å²) in [5.74, 6) is 6.66. The van der Waals surface area contributed by atoms with Crippen molar-refractivity contribution in [2.75, 3.05) is 6.61 Å². The second-order valence-electron chi connectivity index (χ2n) is 5.30. The van der Waals surface area contributed by atoms with E-state index < -0.39 is 0 Å². The number of hydrazine groups is 1. The van der Waals surface area contributed by atoms with Gasteiger partial charge in [-0.15, -0.1) is 0 Å². The molecule has 0 bridgehead atoms. The van der Waals surface area contributed by atoms with Crippen molar-refractivity contribution in [3.8, 4) is 5.75 Å². The van der Waals surface area contributed by atoms with E-state index in [0.29, 0.717) is 6.61 Å². The number of ether oxygens (including phenoxy) is 1. The summed E-state index contributed by atoms with van der Waals surface area (Å²) in [6.45, 7) is 6.96. The first-order chi connectivity index (χ1) is 10.2. The van der Waals surface area contributed by atoms with E-state index in [4.69, 9.17) is 10.6 Å². The predicted molar refractivity (Wildman–Crippen MR) is 87.3 cm³/mol. The molecule has 112 valence electrons. The molecule has 1 atom stereocenters. The third-order valence-corrected chi connectivity index (χ3v) is 3.85. The zero-order valence-corrected chi connectivity index (χ0v) is 13.0. The lowest BCUT2D eigenvalue weighted by atomic mass is 9.93. The summed E-state index contributed by atoms with van der Waals surface area (Å²) in [4.78, 5) is 0. The first kappa shape index (κ1) is 15.5. The molecule has 0 fully saturated rings. The molecule has 0 spiro atoms. The van der Waals surface area contributed by atoms with Crippen molar-refractivity contribution in [3.05, 3.63) is 64.7 Å². The summed E-state index contributed by atoms with van der Waals surface area (Å²) in [5.41, 5.74) is 8.07. The van der Waals surface area contributed by atoms with Gasteiger partial charge in [-0.25, -0.2) is 0 Å². The van der Waals surface area contributed by atoms with Gasteiger partial charge in [0, 0.05) is 0 Å². The van der Waals surface area contributed by atoms with Gasteiger partial charge < -0.3 is 4.74 Å². The third kappa shape index (κ3) is 3.84. The third-order valence-electron chi connectivity index (χ3n) is 3.85. The molecule has 21 heavy (non-hydrogen) atoms. The first-order valence-corrected chi connectivity index (χ1v) is 7.39. The van der Waals surface area contributed by atoms with Gasteiger partial charge in [-0.3, -0.25) is 11.3 Å². The molecule has 3 N–H and O–H groups in total. The molecular weight excluding hydrogens is 260 g/mol. The fourth-order valence-corrected chi connectivity index (χ4v) is 2.61. The maximum absolute atomic E-state index is 5.77. The second-order valence-corrected chi connectivity index (χ2v) is 5.30. The van der Waals surface area contributed by atoms with Crippen LogP contribution in [0.5, 0.6) is 5.75 Å². The van der Waals surface area contributed by atoms with Crippen LogP contribution in [0.15, 0.2) is 42.5 Å². The van der Waals surface area contributed by atoms with Crippen LogP contribution in [0.4, 0.5) is 0 Å². The van der Waals surface area contributed by atoms with E-state index in [1.54, 1.807) is 0 Å². The average molecular weight is 284 g/mol. The molecule has 0 radical (unpaired) electrons. The number of rotatable bonds is 6. The zero-order chi connectivity index (χ0) is 15.2. The van der Waals surface area contributed by atoms with Crippen LogP contribution in [-0.4, -0.2) is 6.61 Å². The Labute approximate surface area is 127 Å². The average Bonchev–Trinajstić information content (AvgIpc) is 2.49. The SMILES string of the molecule is CCOc1ccc(C(Cc2c(C)cccc2C)NN)cc1. The van der Waals surface area contributed by atoms with Crippen molar-refractivity contribution in [1.82, 2.24) is 5.43 Å². The Balaban J connectivity index is 2.19. The van der Waals surface area contributed by atoms with E-state index in [1.165, 1.54) is 22.3 Å². The van der Waals surface area contributed by atoms with Gasteiger partial charge in [-0.05, 0) is 61.6 Å². The van der Waals surface area contributed by atoms with Crippen LogP contribution in [0.1, 0.15) is 35.2 Å². The highest BCUT2D eigenvalue weighted by atomic mass is 16.5. The molecule has 0 heterocycles. The normalized spacial score (nSPS) is 12.2. The topological polar surface area (TPSA) is 47.3 Å². The molecule has 0 aliphatic heterocycles. The Morgan fingerprint density at radius 1 is 1.05 bits per heavy atom. The molecule has 2 aromatic carbocycles. The smallest absolute Gasteiger partial charge is 0.119 e. The van der Waals surface area contributed by atoms with Crippen molar-refractivity contribution < 1.29 is 4.74 Å². The maximum Gasteiger partial charge on any atom is 0.119 e. The number of nitrogens with one attached hydrogen (secondary N) is 1. The van der Waals surface area contributed by atoms with Crippen LogP contribution < -0.4 is 16.0 Å². The summed E-state index contributed by atoms with van der Waals surface area (Å²) in [7, 11) is 0. The fourth-order valence-electron chi connectivity index (χ4n) is 2.61. The number of aryl methyl sites for hydroxylation is 2. The summed E-state index contributed by atoms with van der Waals surface area (Å²) in [5, 5.41) is 0. The van der Waals surface area contributed by atoms with Crippen LogP contribution in [-0.2, 0) is 6.42 Å². The van der Waals surface area contributed by atoms with Gasteiger partial charge in [-0.1, -0.05) is 30.3 Å². The predicted octanol–water partition coefficient (Wildman–Crippen LogP) is 3.45. The molecule has 0 aliphatic carbocycles. The van der Waals surface area contributed by atoms with Crippen LogP contribution in [0, 0.1) is 13.8 Å². The maximum atomic E-state index is 5.77. The summed E-state index contributed by atoms with van der Waals surface area (Å²) in [6.07, 6.45) is 0.878. The minimum Gasteiger partial charge on any atom is -0.494 e. The Bertz CT molecular complexity index is 558. The number of hydrogen-bond donors (Lipinski definition) is 2. The Morgan fingerprint density at radius 3 is 2.19 bits per heavy atom. The van der Waals surface area contributed by atoms with E-state index in [-0.39, 0.29) is 6.04 Å². The minimum absolute atomic E-state index is 0.0977. The minimum atomic E-state index is 0.0977. The van der Waals surface area contributed by atoms with Gasteiger partial charge in [0.15, 0.2) is 0 Å². The van der Waals surface area contributed by atoms with Crippen molar-refractivity contribution in [3.63, 3.8) is 0 Å². The molecule has 0 aromatic heterocycles. The monoisotopic (exact) mass is 284 g/mol. The lowest BCUT2D eigenvalue weighted by molar-refractivity contribution is 0.340. The molecule has 2 rings (SSSR count). The molecule has 0 saturated carbocycles. The Hall–Kier alpha value is -1.84. The molecule has 3 nitrogen and oxygen atoms in total. The zero-order valence-electron chi connectivity index (χ0n) is 13.0. The van der Waals surface area contributed by atoms with Gasteiger partial charge in [0.2, 0.25) is 0 Å². The van der Waals surface area contributed by atoms with Crippen molar-refractivity contribution in [2.24, 2.45) is 5.84 Å². The highest BCUT2D eigenvalue weighted by Crippen LogP contribution is 2.24. The van der Waals surface area contributed by atoms with Crippen LogP contribution in [0.2, 0.25) is 0 Å². The fraction of sp³-hybridized carbons (Fsp3) is 0.333. The van der Waals surface area contributed by atoms with Crippen LogP contribution in [0.3, 0.4) is 0 Å². The van der Waals surface area contributed by atoms with E-state index >= 15 is 0 Å². The van der Waals surface area contributed by atoms with Crippen LogP contribution in [0.25, 0.3) is 0 Å². The molecule has 1 unspecified atom stereocenters. The van der Waals surface area contributed by atoms with Crippen LogP contribution >= 0.6 is 0 Å². The van der Waals surface area contributed by atoms with Gasteiger partial charge in [0.05, 0.1) is 12.6 Å². The summed E-state index contributed by atoms with van der Waals surface area (Å²) >= 11 is 0. The second kappa shape index (κ2) is 7.25. The highest BCUT2D eigenvalue weighted by molar-refractivity contribution is 5.36. The van der Waals surface area contributed by atoms with Gasteiger partial charge >= 0.3 is 0 Å². The lowest BCUT2D eigenvalue weighted by Crippen LogP contribution is -2.30. The summed E-state index contributed by atoms with van der Waals surface area (Å²) < 4.78 is 5.48. The lowest BCUT2D eigenvalue weighted by Gasteiger charge is -2.19. The van der Waals surface area contributed by atoms with Crippen molar-refractivity contribution in [2.45, 2.75) is 33.2 Å². The molecule has 0 saturated heterocycles. The van der Waals surface area contributed by atoms with Crippen molar-refractivity contribution >= 4 is 0 Å². The molecule has 0 amide bonds. The van der Waals surface area contributed by atoms with E-state index in [9.17, 15) is 0 Å². The van der Waals surface area contributed by atoms with Gasteiger partial charge in [-0.2, -0.15) is 0 Å². The molecule has 0 aliphatic rings. The standard InChI is InChI=1S/C18H24N2O/c1-4-21-16-10-8-15(9-11-16)18(20-19)12-17-13(2)6-5-7-14(17)3/h5-11,18,20H,4,12,19H2,1-3H3. The molecular formula is C18H24N2O. The van der Waals surface area contributed by atoms with E-state index in [2.05, 4.69) is 49.6 Å². The first-order valence-electron chi connectivity index (χ1n) is 7.39. The quantitative estimate of drug-likeness (QED) is 0.631. The molecule has 3 heteroatoms. The summed E-state index contributed by atoms with van der Waals surface area (Å²) in [6, 6.07) is 14.6. The highest BCUT2D eigenvalue weighted by Gasteiger charge is 2.13. The Kier molecular flexibility index (Phi) is 5.37. The number of benzene rings is 2. The number of nitrogens with two attached hydrogens (primary N) is 1. The van der Waals surface area contributed by atoms with E-state index in [0.717, 1.165) is 12.2 Å². The number of hydrogen-bond acceptors (Lipinski definition) is 3. The van der Waals surface area contributed by atoms with Crippen molar-refractivity contribution in [1.29, 1.82) is 0 Å². The van der Waals surface area contributed by atoms with Gasteiger partial charge in [0.1, 0.15) is 5.75 Å². The van der Waals surface area contributed by atoms with E-state index in [1.807, 2.05) is 19.1 Å². The van der Waals surface area contributed by atoms with Gasteiger partial charge in [0.25, 0.3) is 0 Å². The molecule has 2 aromatic rings.